The molecule has 5 heteroatoms. The van der Waals surface area contributed by atoms with Crippen molar-refractivity contribution in [3.8, 4) is 0 Å². The predicted octanol–water partition coefficient (Wildman–Crippen LogP) is 3.72. The van der Waals surface area contributed by atoms with E-state index < -0.39 is 0 Å². The van der Waals surface area contributed by atoms with Crippen LogP contribution in [-0.2, 0) is 0 Å². The largest absolute Gasteiger partial charge is 0.372 e. The van der Waals surface area contributed by atoms with Gasteiger partial charge in [0.05, 0.1) is 5.56 Å². The van der Waals surface area contributed by atoms with Crippen LogP contribution < -0.4 is 15.1 Å². The van der Waals surface area contributed by atoms with Crippen molar-refractivity contribution in [2.45, 2.75) is 32.6 Å². The molecule has 1 N–H and O–H groups in total. The average molecular weight is 367 g/mol. The fourth-order valence-electron chi connectivity index (χ4n) is 3.61. The molecule has 0 saturated carbocycles. The Kier molecular flexibility index (Phi) is 7.08. The van der Waals surface area contributed by atoms with Gasteiger partial charge < -0.3 is 15.1 Å². The molecule has 144 valence electrons. The van der Waals surface area contributed by atoms with Crippen LogP contribution in [0.3, 0.4) is 0 Å². The zero-order valence-electron chi connectivity index (χ0n) is 16.2. The Morgan fingerprint density at radius 3 is 2.63 bits per heavy atom. The lowest BCUT2D eigenvalue weighted by molar-refractivity contribution is 0.0953. The minimum absolute atomic E-state index is 0.0218. The molecule has 27 heavy (non-hydrogen) atoms. The molecule has 0 atom stereocenters. The topological polar surface area (TPSA) is 48.5 Å². The number of hydrogen-bond acceptors (Lipinski definition) is 4. The summed E-state index contributed by atoms with van der Waals surface area (Å²) >= 11 is 0. The van der Waals surface area contributed by atoms with Gasteiger partial charge in [-0.25, -0.2) is 4.98 Å². The van der Waals surface area contributed by atoms with Crippen LogP contribution in [0.4, 0.5) is 11.5 Å². The smallest absolute Gasteiger partial charge is 0.255 e. The Labute approximate surface area is 162 Å². The summed E-state index contributed by atoms with van der Waals surface area (Å²) in [6.45, 7) is 6.68. The normalized spacial score (nSPS) is 14.0. The lowest BCUT2D eigenvalue weighted by Gasteiger charge is -2.29. The molecule has 0 bridgehead atoms. The molecule has 0 aliphatic carbocycles. The summed E-state index contributed by atoms with van der Waals surface area (Å²) < 4.78 is 0. The van der Waals surface area contributed by atoms with Gasteiger partial charge in [0.1, 0.15) is 5.82 Å². The highest BCUT2D eigenvalue weighted by molar-refractivity contribution is 5.98. The number of para-hydroxylation sites is 1. The van der Waals surface area contributed by atoms with E-state index in [0.717, 1.165) is 38.4 Å². The first kappa shape index (κ1) is 19.2. The number of hydrogen-bond donors (Lipinski definition) is 1. The quantitative estimate of drug-likeness (QED) is 0.724. The first-order valence-electron chi connectivity index (χ1n) is 10.1. The van der Waals surface area contributed by atoms with Gasteiger partial charge in [0.2, 0.25) is 0 Å². The van der Waals surface area contributed by atoms with Gasteiger partial charge >= 0.3 is 0 Å². The van der Waals surface area contributed by atoms with Crippen molar-refractivity contribution in [1.82, 2.24) is 10.3 Å². The van der Waals surface area contributed by atoms with Crippen molar-refractivity contribution < 1.29 is 4.79 Å². The molecular formula is C22H30N4O. The molecule has 2 aromatic rings. The van der Waals surface area contributed by atoms with Gasteiger partial charge in [-0.2, -0.15) is 0 Å². The predicted molar refractivity (Wildman–Crippen MR) is 112 cm³/mol. The summed E-state index contributed by atoms with van der Waals surface area (Å²) in [6.07, 6.45) is 6.29. The maximum Gasteiger partial charge on any atom is 0.255 e. The van der Waals surface area contributed by atoms with Gasteiger partial charge in [0, 0.05) is 44.6 Å². The van der Waals surface area contributed by atoms with Crippen molar-refractivity contribution in [2.24, 2.45) is 0 Å². The van der Waals surface area contributed by atoms with Crippen LogP contribution in [0.1, 0.15) is 43.0 Å². The van der Waals surface area contributed by atoms with Crippen LogP contribution in [0.2, 0.25) is 0 Å². The number of benzene rings is 1. The summed E-state index contributed by atoms with van der Waals surface area (Å²) in [6, 6.07) is 14.1. The molecule has 1 aliphatic rings. The molecule has 1 aliphatic heterocycles. The van der Waals surface area contributed by atoms with Gasteiger partial charge in [0.25, 0.3) is 5.91 Å². The number of piperidine rings is 1. The second-order valence-corrected chi connectivity index (χ2v) is 6.95. The van der Waals surface area contributed by atoms with Crippen LogP contribution in [-0.4, -0.2) is 43.6 Å². The molecule has 1 aromatic carbocycles. The minimum Gasteiger partial charge on any atom is -0.372 e. The SMILES string of the molecule is CCN(CCCNC(=O)c1cccnc1N1CCCCC1)c1ccccc1. The highest BCUT2D eigenvalue weighted by Gasteiger charge is 2.19. The Morgan fingerprint density at radius 2 is 1.89 bits per heavy atom. The van der Waals surface area contributed by atoms with E-state index in [1.54, 1.807) is 6.20 Å². The number of nitrogens with one attached hydrogen (secondary N) is 1. The van der Waals surface area contributed by atoms with Gasteiger partial charge in [-0.05, 0) is 56.9 Å². The van der Waals surface area contributed by atoms with Crippen LogP contribution in [0, 0.1) is 0 Å². The lowest BCUT2D eigenvalue weighted by Crippen LogP contribution is -2.34. The Bertz CT molecular complexity index is 713. The van der Waals surface area contributed by atoms with E-state index in [1.165, 1.54) is 24.9 Å². The Hall–Kier alpha value is -2.56. The van der Waals surface area contributed by atoms with E-state index in [-0.39, 0.29) is 5.91 Å². The third kappa shape index (κ3) is 5.22. The number of amides is 1. The number of anilines is 2. The number of carbonyl (C=O) groups excluding carboxylic acids is 1. The zero-order valence-corrected chi connectivity index (χ0v) is 16.2. The number of rotatable bonds is 8. The lowest BCUT2D eigenvalue weighted by atomic mass is 10.1. The standard InChI is InChI=1S/C22H30N4O/c1-2-25(19-11-5-3-6-12-19)18-10-15-24-22(27)20-13-9-14-23-21(20)26-16-7-4-8-17-26/h3,5-6,9,11-14H,2,4,7-8,10,15-18H2,1H3,(H,24,27). The maximum absolute atomic E-state index is 12.7. The van der Waals surface area contributed by atoms with Crippen LogP contribution >= 0.6 is 0 Å². The molecule has 1 amide bonds. The van der Waals surface area contributed by atoms with Gasteiger partial charge in [-0.3, -0.25) is 4.79 Å². The van der Waals surface area contributed by atoms with E-state index in [4.69, 9.17) is 0 Å². The number of nitrogens with zero attached hydrogens (tertiary/aromatic N) is 3. The number of aromatic nitrogens is 1. The molecule has 0 unspecified atom stereocenters. The van der Waals surface area contributed by atoms with E-state index in [0.29, 0.717) is 12.1 Å². The second kappa shape index (κ2) is 9.95. The van der Waals surface area contributed by atoms with Gasteiger partial charge in [-0.15, -0.1) is 0 Å². The number of pyridine rings is 1. The van der Waals surface area contributed by atoms with Crippen molar-refractivity contribution in [3.05, 3.63) is 54.2 Å². The van der Waals surface area contributed by atoms with E-state index in [1.807, 2.05) is 18.2 Å². The highest BCUT2D eigenvalue weighted by atomic mass is 16.1. The summed E-state index contributed by atoms with van der Waals surface area (Å²) in [4.78, 5) is 21.8. The molecule has 0 spiro atoms. The molecule has 2 heterocycles. The molecule has 1 saturated heterocycles. The fraction of sp³-hybridized carbons (Fsp3) is 0.455. The summed E-state index contributed by atoms with van der Waals surface area (Å²) in [7, 11) is 0. The van der Waals surface area contributed by atoms with Gasteiger partial charge in [-0.1, -0.05) is 18.2 Å². The molecule has 1 aromatic heterocycles. The van der Waals surface area contributed by atoms with Crippen LogP contribution in [0.5, 0.6) is 0 Å². The van der Waals surface area contributed by atoms with Crippen molar-refractivity contribution >= 4 is 17.4 Å². The van der Waals surface area contributed by atoms with Crippen molar-refractivity contribution in [3.63, 3.8) is 0 Å². The zero-order chi connectivity index (χ0) is 18.9. The summed E-state index contributed by atoms with van der Waals surface area (Å²) in [5.41, 5.74) is 1.92. The highest BCUT2D eigenvalue weighted by Crippen LogP contribution is 2.21. The molecule has 1 fully saturated rings. The molecule has 0 radical (unpaired) electrons. The third-order valence-electron chi connectivity index (χ3n) is 5.08. The van der Waals surface area contributed by atoms with E-state index >= 15 is 0 Å². The number of carbonyl (C=O) groups is 1. The fourth-order valence-corrected chi connectivity index (χ4v) is 3.61. The van der Waals surface area contributed by atoms with Gasteiger partial charge in [0.15, 0.2) is 0 Å². The maximum atomic E-state index is 12.7. The van der Waals surface area contributed by atoms with E-state index in [9.17, 15) is 4.79 Å². The first-order valence-corrected chi connectivity index (χ1v) is 10.1. The average Bonchev–Trinajstić information content (AvgIpc) is 2.75. The third-order valence-corrected chi connectivity index (χ3v) is 5.08. The molecule has 3 rings (SSSR count). The van der Waals surface area contributed by atoms with Crippen LogP contribution in [0.25, 0.3) is 0 Å². The van der Waals surface area contributed by atoms with Crippen molar-refractivity contribution in [1.29, 1.82) is 0 Å². The molecular weight excluding hydrogens is 336 g/mol. The van der Waals surface area contributed by atoms with E-state index in [2.05, 4.69) is 51.3 Å². The molecule has 5 nitrogen and oxygen atoms in total. The minimum atomic E-state index is -0.0218. The van der Waals surface area contributed by atoms with Crippen LogP contribution in [0.15, 0.2) is 48.7 Å². The Balaban J connectivity index is 1.52. The van der Waals surface area contributed by atoms with Crippen molar-refractivity contribution in [2.75, 3.05) is 42.5 Å². The Morgan fingerprint density at radius 1 is 1.11 bits per heavy atom. The monoisotopic (exact) mass is 366 g/mol. The second-order valence-electron chi connectivity index (χ2n) is 6.95. The summed E-state index contributed by atoms with van der Waals surface area (Å²) in [5, 5.41) is 3.08. The summed E-state index contributed by atoms with van der Waals surface area (Å²) in [5.74, 6) is 0.806. The first-order chi connectivity index (χ1) is 13.3.